The van der Waals surface area contributed by atoms with Crippen LogP contribution in [0.3, 0.4) is 0 Å². The number of rotatable bonds is 4. The Labute approximate surface area is 114 Å². The van der Waals surface area contributed by atoms with Crippen molar-refractivity contribution in [3.05, 3.63) is 11.9 Å². The molecule has 2 atom stereocenters. The summed E-state index contributed by atoms with van der Waals surface area (Å²) in [6.45, 7) is 6.12. The van der Waals surface area contributed by atoms with Crippen molar-refractivity contribution in [2.24, 2.45) is 11.8 Å². The number of nitrogens with two attached hydrogens (primary N) is 1. The van der Waals surface area contributed by atoms with E-state index in [2.05, 4.69) is 27.2 Å². The molecule has 1 fully saturated rings. The van der Waals surface area contributed by atoms with Crippen molar-refractivity contribution >= 4 is 11.6 Å². The third-order valence-electron chi connectivity index (χ3n) is 3.74. The van der Waals surface area contributed by atoms with Crippen molar-refractivity contribution in [3.63, 3.8) is 0 Å². The summed E-state index contributed by atoms with van der Waals surface area (Å²) in [6, 6.07) is 1.89. The van der Waals surface area contributed by atoms with Crippen LogP contribution in [0.25, 0.3) is 0 Å². The summed E-state index contributed by atoms with van der Waals surface area (Å²) in [7, 11) is 1.77. The summed E-state index contributed by atoms with van der Waals surface area (Å²) >= 11 is 0. The first kappa shape index (κ1) is 14.0. The summed E-state index contributed by atoms with van der Waals surface area (Å²) in [5, 5.41) is 0. The molecule has 106 valence electrons. The number of anilines is 2. The Hall–Kier alpha value is -1.40. The molecule has 6 heteroatoms. The lowest BCUT2D eigenvalue weighted by molar-refractivity contribution is 0.0496. The molecule has 0 saturated carbocycles. The number of aromatic nitrogens is 2. The SMILES string of the molecule is CCc1nc(NN)cc(N2CCC(C)C(OC)C2)n1. The Bertz CT molecular complexity index is 403. The van der Waals surface area contributed by atoms with Gasteiger partial charge in [-0.25, -0.2) is 15.8 Å². The van der Waals surface area contributed by atoms with Gasteiger partial charge in [-0.05, 0) is 12.3 Å². The van der Waals surface area contributed by atoms with E-state index in [4.69, 9.17) is 10.6 Å². The van der Waals surface area contributed by atoms with Crippen LogP contribution in [0.5, 0.6) is 0 Å². The third-order valence-corrected chi connectivity index (χ3v) is 3.74. The highest BCUT2D eigenvalue weighted by Crippen LogP contribution is 2.24. The molecule has 1 aromatic heterocycles. The Kier molecular flexibility index (Phi) is 4.55. The molecule has 1 aromatic rings. The smallest absolute Gasteiger partial charge is 0.145 e. The maximum absolute atomic E-state index is 5.54. The van der Waals surface area contributed by atoms with E-state index < -0.39 is 0 Å². The van der Waals surface area contributed by atoms with Gasteiger partial charge >= 0.3 is 0 Å². The molecule has 3 N–H and O–H groups in total. The van der Waals surface area contributed by atoms with Gasteiger partial charge in [-0.1, -0.05) is 13.8 Å². The van der Waals surface area contributed by atoms with Gasteiger partial charge in [0, 0.05) is 32.7 Å². The first-order valence-corrected chi connectivity index (χ1v) is 6.80. The van der Waals surface area contributed by atoms with E-state index >= 15 is 0 Å². The lowest BCUT2D eigenvalue weighted by atomic mass is 9.96. The highest BCUT2D eigenvalue weighted by molar-refractivity contribution is 5.49. The first-order chi connectivity index (χ1) is 9.17. The number of hydrogen-bond acceptors (Lipinski definition) is 6. The molecule has 0 radical (unpaired) electrons. The molecule has 1 aliphatic rings. The van der Waals surface area contributed by atoms with Gasteiger partial charge < -0.3 is 15.1 Å². The molecular weight excluding hydrogens is 242 g/mol. The second-order valence-electron chi connectivity index (χ2n) is 5.01. The minimum Gasteiger partial charge on any atom is -0.379 e. The zero-order chi connectivity index (χ0) is 13.8. The average molecular weight is 265 g/mol. The molecule has 2 unspecified atom stereocenters. The van der Waals surface area contributed by atoms with E-state index in [0.717, 1.165) is 37.6 Å². The number of nitrogens with zero attached hydrogens (tertiary/aromatic N) is 3. The standard InChI is InChI=1S/C13H23N5O/c1-4-11-15-12(17-14)7-13(16-11)18-6-5-9(2)10(8-18)19-3/h7,9-10H,4-6,8,14H2,1-3H3,(H,15,16,17). The molecule has 1 aliphatic heterocycles. The molecule has 19 heavy (non-hydrogen) atoms. The zero-order valence-corrected chi connectivity index (χ0v) is 11.9. The minimum atomic E-state index is 0.253. The van der Waals surface area contributed by atoms with Crippen LogP contribution in [-0.4, -0.2) is 36.3 Å². The number of nitrogens with one attached hydrogen (secondary N) is 1. The molecule has 6 nitrogen and oxygen atoms in total. The predicted octanol–water partition coefficient (Wildman–Crippen LogP) is 1.19. The van der Waals surface area contributed by atoms with Gasteiger partial charge in [0.25, 0.3) is 0 Å². The van der Waals surface area contributed by atoms with Crippen LogP contribution >= 0.6 is 0 Å². The van der Waals surface area contributed by atoms with E-state index in [9.17, 15) is 0 Å². The maximum atomic E-state index is 5.54. The average Bonchev–Trinajstić information content (AvgIpc) is 2.47. The van der Waals surface area contributed by atoms with Crippen LogP contribution in [-0.2, 0) is 11.2 Å². The van der Waals surface area contributed by atoms with Crippen molar-refractivity contribution in [3.8, 4) is 0 Å². The summed E-state index contributed by atoms with van der Waals surface area (Å²) in [6.07, 6.45) is 2.15. The van der Waals surface area contributed by atoms with Crippen molar-refractivity contribution in [1.29, 1.82) is 0 Å². The number of hydrogen-bond donors (Lipinski definition) is 2. The zero-order valence-electron chi connectivity index (χ0n) is 11.9. The monoisotopic (exact) mass is 265 g/mol. The lowest BCUT2D eigenvalue weighted by Crippen LogP contribution is -2.44. The number of methoxy groups -OCH3 is 1. The van der Waals surface area contributed by atoms with Crippen molar-refractivity contribution in [2.45, 2.75) is 32.8 Å². The molecular formula is C13H23N5O. The molecule has 0 spiro atoms. The largest absolute Gasteiger partial charge is 0.379 e. The second kappa shape index (κ2) is 6.16. The highest BCUT2D eigenvalue weighted by atomic mass is 16.5. The quantitative estimate of drug-likeness (QED) is 0.629. The molecule has 2 heterocycles. The van der Waals surface area contributed by atoms with Gasteiger partial charge in [-0.2, -0.15) is 0 Å². The molecule has 1 saturated heterocycles. The number of aryl methyl sites for hydroxylation is 1. The summed E-state index contributed by atoms with van der Waals surface area (Å²) in [5.41, 5.74) is 2.61. The third kappa shape index (κ3) is 3.13. The summed E-state index contributed by atoms with van der Waals surface area (Å²) in [5.74, 6) is 8.44. The van der Waals surface area contributed by atoms with E-state index in [1.54, 1.807) is 7.11 Å². The van der Waals surface area contributed by atoms with Crippen LogP contribution < -0.4 is 16.2 Å². The van der Waals surface area contributed by atoms with E-state index in [-0.39, 0.29) is 6.10 Å². The summed E-state index contributed by atoms with van der Waals surface area (Å²) in [4.78, 5) is 11.1. The topological polar surface area (TPSA) is 76.3 Å². The number of nitrogen functional groups attached to an aromatic ring is 1. The van der Waals surface area contributed by atoms with Gasteiger partial charge in [-0.3, -0.25) is 0 Å². The summed E-state index contributed by atoms with van der Waals surface area (Å²) < 4.78 is 5.54. The van der Waals surface area contributed by atoms with Crippen LogP contribution in [0, 0.1) is 5.92 Å². The van der Waals surface area contributed by atoms with Crippen molar-refractivity contribution < 1.29 is 4.74 Å². The van der Waals surface area contributed by atoms with Crippen molar-refractivity contribution in [2.75, 3.05) is 30.5 Å². The number of ether oxygens (including phenoxy) is 1. The predicted molar refractivity (Wildman–Crippen MR) is 76.0 cm³/mol. The lowest BCUT2D eigenvalue weighted by Gasteiger charge is -2.37. The van der Waals surface area contributed by atoms with Gasteiger partial charge in [0.1, 0.15) is 17.5 Å². The Balaban J connectivity index is 2.21. The minimum absolute atomic E-state index is 0.253. The number of piperidine rings is 1. The fourth-order valence-corrected chi connectivity index (χ4v) is 2.43. The Morgan fingerprint density at radius 2 is 2.32 bits per heavy atom. The van der Waals surface area contributed by atoms with Gasteiger partial charge in [0.15, 0.2) is 0 Å². The van der Waals surface area contributed by atoms with E-state index in [0.29, 0.717) is 11.7 Å². The van der Waals surface area contributed by atoms with Gasteiger partial charge in [0.05, 0.1) is 6.10 Å². The number of hydrazine groups is 1. The highest BCUT2D eigenvalue weighted by Gasteiger charge is 2.27. The normalized spacial score (nSPS) is 23.5. The Morgan fingerprint density at radius 3 is 2.95 bits per heavy atom. The van der Waals surface area contributed by atoms with Gasteiger partial charge in [-0.15, -0.1) is 0 Å². The van der Waals surface area contributed by atoms with Gasteiger partial charge in [0.2, 0.25) is 0 Å². The Morgan fingerprint density at radius 1 is 1.53 bits per heavy atom. The fourth-order valence-electron chi connectivity index (χ4n) is 2.43. The second-order valence-corrected chi connectivity index (χ2v) is 5.01. The van der Waals surface area contributed by atoms with Crippen LogP contribution in [0.15, 0.2) is 6.07 Å². The first-order valence-electron chi connectivity index (χ1n) is 6.80. The maximum Gasteiger partial charge on any atom is 0.145 e. The molecule has 0 amide bonds. The molecule has 2 rings (SSSR count). The van der Waals surface area contributed by atoms with E-state index in [1.165, 1.54) is 0 Å². The van der Waals surface area contributed by atoms with Crippen LogP contribution in [0.4, 0.5) is 11.6 Å². The van der Waals surface area contributed by atoms with Crippen molar-refractivity contribution in [1.82, 2.24) is 9.97 Å². The molecule has 0 aliphatic carbocycles. The van der Waals surface area contributed by atoms with Crippen LogP contribution in [0.1, 0.15) is 26.1 Å². The molecule has 0 aromatic carbocycles. The molecule has 0 bridgehead atoms. The van der Waals surface area contributed by atoms with Crippen LogP contribution in [0.2, 0.25) is 0 Å². The fraction of sp³-hybridized carbons (Fsp3) is 0.692. The van der Waals surface area contributed by atoms with E-state index in [1.807, 2.05) is 13.0 Å².